The first-order valence-electron chi connectivity index (χ1n) is 7.77. The lowest BCUT2D eigenvalue weighted by atomic mass is 10.1. The Balaban J connectivity index is 1.72. The first-order valence-corrected chi connectivity index (χ1v) is 7.77. The van der Waals surface area contributed by atoms with Gasteiger partial charge in [0.2, 0.25) is 0 Å². The monoisotopic (exact) mass is 267 g/mol. The van der Waals surface area contributed by atoms with E-state index < -0.39 is 0 Å². The van der Waals surface area contributed by atoms with Crippen molar-refractivity contribution in [3.8, 4) is 0 Å². The number of anilines is 1. The number of hydrogen-bond donors (Lipinski definition) is 1. The molecular formula is C17H21N3. The standard InChI is InChI=1S/C17H21N3/c1-2-6-16-15(5-1)17(20-9-3-4-10-20)11-14(19-16)12-18-13-7-8-13/h1-2,5-6,11,13,18H,3-4,7-10,12H2. The summed E-state index contributed by atoms with van der Waals surface area (Å²) in [5.41, 5.74) is 3.68. The molecule has 1 aliphatic carbocycles. The highest BCUT2D eigenvalue weighted by Gasteiger charge is 2.21. The number of benzene rings is 1. The van der Waals surface area contributed by atoms with E-state index in [1.165, 1.54) is 55.5 Å². The smallest absolute Gasteiger partial charge is 0.0726 e. The molecule has 1 aliphatic heterocycles. The van der Waals surface area contributed by atoms with Gasteiger partial charge in [0.15, 0.2) is 0 Å². The van der Waals surface area contributed by atoms with Crippen LogP contribution < -0.4 is 10.2 Å². The van der Waals surface area contributed by atoms with Crippen LogP contribution in [0, 0.1) is 0 Å². The van der Waals surface area contributed by atoms with Gasteiger partial charge >= 0.3 is 0 Å². The molecular weight excluding hydrogens is 246 g/mol. The van der Waals surface area contributed by atoms with Gasteiger partial charge in [0.1, 0.15) is 0 Å². The highest BCUT2D eigenvalue weighted by atomic mass is 15.1. The van der Waals surface area contributed by atoms with Crippen molar-refractivity contribution in [1.29, 1.82) is 0 Å². The van der Waals surface area contributed by atoms with Crippen LogP contribution in [-0.4, -0.2) is 24.1 Å². The second-order valence-electron chi connectivity index (χ2n) is 6.00. The molecule has 2 fully saturated rings. The molecule has 3 nitrogen and oxygen atoms in total. The van der Waals surface area contributed by atoms with Crippen molar-refractivity contribution < 1.29 is 0 Å². The van der Waals surface area contributed by atoms with Gasteiger partial charge in [-0.2, -0.15) is 0 Å². The quantitative estimate of drug-likeness (QED) is 0.922. The predicted octanol–water partition coefficient (Wildman–Crippen LogP) is 3.09. The lowest BCUT2D eigenvalue weighted by Gasteiger charge is -2.20. The summed E-state index contributed by atoms with van der Waals surface area (Å²) in [4.78, 5) is 7.34. The Morgan fingerprint density at radius 3 is 2.75 bits per heavy atom. The predicted molar refractivity (Wildman–Crippen MR) is 83.1 cm³/mol. The molecule has 104 valence electrons. The first-order chi connectivity index (χ1) is 9.90. The Hall–Kier alpha value is -1.61. The Morgan fingerprint density at radius 1 is 1.15 bits per heavy atom. The number of fused-ring (bicyclic) bond motifs is 1. The highest BCUT2D eigenvalue weighted by Crippen LogP contribution is 2.29. The lowest BCUT2D eigenvalue weighted by Crippen LogP contribution is -2.20. The number of hydrogen-bond acceptors (Lipinski definition) is 3. The van der Waals surface area contributed by atoms with Crippen LogP contribution in [0.15, 0.2) is 30.3 Å². The van der Waals surface area contributed by atoms with E-state index >= 15 is 0 Å². The van der Waals surface area contributed by atoms with Crippen molar-refractivity contribution in [3.63, 3.8) is 0 Å². The van der Waals surface area contributed by atoms with Crippen LogP contribution in [0.4, 0.5) is 5.69 Å². The summed E-state index contributed by atoms with van der Waals surface area (Å²) in [5.74, 6) is 0. The molecule has 0 radical (unpaired) electrons. The van der Waals surface area contributed by atoms with Gasteiger partial charge in [0.05, 0.1) is 11.2 Å². The Bertz CT molecular complexity index is 613. The number of nitrogens with zero attached hydrogens (tertiary/aromatic N) is 2. The fourth-order valence-electron chi connectivity index (χ4n) is 3.06. The molecule has 0 amide bonds. The van der Waals surface area contributed by atoms with Gasteiger partial charge in [-0.15, -0.1) is 0 Å². The zero-order valence-corrected chi connectivity index (χ0v) is 11.8. The highest BCUT2D eigenvalue weighted by molar-refractivity contribution is 5.92. The van der Waals surface area contributed by atoms with E-state index in [4.69, 9.17) is 4.98 Å². The molecule has 2 heterocycles. The minimum Gasteiger partial charge on any atom is -0.371 e. The van der Waals surface area contributed by atoms with E-state index in [1.807, 2.05) is 0 Å². The van der Waals surface area contributed by atoms with E-state index in [-0.39, 0.29) is 0 Å². The van der Waals surface area contributed by atoms with Gasteiger partial charge in [-0.3, -0.25) is 4.98 Å². The summed E-state index contributed by atoms with van der Waals surface area (Å²) >= 11 is 0. The zero-order valence-electron chi connectivity index (χ0n) is 11.8. The van der Waals surface area contributed by atoms with Gasteiger partial charge in [-0.25, -0.2) is 0 Å². The third kappa shape index (κ3) is 2.38. The van der Waals surface area contributed by atoms with Crippen LogP contribution in [0.1, 0.15) is 31.4 Å². The minimum atomic E-state index is 0.735. The molecule has 1 aromatic heterocycles. The third-order valence-corrected chi connectivity index (χ3v) is 4.34. The lowest BCUT2D eigenvalue weighted by molar-refractivity contribution is 0.676. The Labute approximate surface area is 120 Å². The topological polar surface area (TPSA) is 28.2 Å². The normalized spacial score (nSPS) is 18.9. The van der Waals surface area contributed by atoms with Crippen molar-refractivity contribution in [2.75, 3.05) is 18.0 Å². The summed E-state index contributed by atoms with van der Waals surface area (Å²) < 4.78 is 0. The van der Waals surface area contributed by atoms with Crippen LogP contribution in [0.25, 0.3) is 10.9 Å². The number of para-hydroxylation sites is 1. The van der Waals surface area contributed by atoms with E-state index in [0.717, 1.165) is 18.1 Å². The molecule has 1 saturated carbocycles. The number of rotatable bonds is 4. The zero-order chi connectivity index (χ0) is 13.4. The minimum absolute atomic E-state index is 0.735. The van der Waals surface area contributed by atoms with Gasteiger partial charge in [-0.1, -0.05) is 18.2 Å². The van der Waals surface area contributed by atoms with E-state index in [9.17, 15) is 0 Å². The summed E-state index contributed by atoms with van der Waals surface area (Å²) in [6.45, 7) is 3.27. The molecule has 20 heavy (non-hydrogen) atoms. The van der Waals surface area contributed by atoms with Crippen molar-refractivity contribution in [1.82, 2.24) is 10.3 Å². The Kier molecular flexibility index (Phi) is 3.07. The fourth-order valence-corrected chi connectivity index (χ4v) is 3.06. The summed E-state index contributed by atoms with van der Waals surface area (Å²) in [6.07, 6.45) is 5.28. The van der Waals surface area contributed by atoms with E-state index in [1.54, 1.807) is 0 Å². The Morgan fingerprint density at radius 2 is 1.95 bits per heavy atom. The SMILES string of the molecule is c1ccc2c(N3CCCC3)cc(CNC3CC3)nc2c1. The van der Waals surface area contributed by atoms with Crippen molar-refractivity contribution in [3.05, 3.63) is 36.0 Å². The molecule has 0 unspecified atom stereocenters. The average molecular weight is 267 g/mol. The molecule has 0 atom stereocenters. The number of pyridine rings is 1. The van der Waals surface area contributed by atoms with Crippen LogP contribution in [-0.2, 0) is 6.54 Å². The molecule has 1 aromatic carbocycles. The maximum atomic E-state index is 4.82. The van der Waals surface area contributed by atoms with Crippen LogP contribution >= 0.6 is 0 Å². The number of nitrogens with one attached hydrogen (secondary N) is 1. The summed E-state index contributed by atoms with van der Waals surface area (Å²) in [7, 11) is 0. The maximum Gasteiger partial charge on any atom is 0.0726 e. The van der Waals surface area contributed by atoms with Crippen molar-refractivity contribution in [2.45, 2.75) is 38.3 Å². The van der Waals surface area contributed by atoms with Crippen LogP contribution in [0.2, 0.25) is 0 Å². The van der Waals surface area contributed by atoms with Crippen molar-refractivity contribution >= 4 is 16.6 Å². The molecule has 3 heteroatoms. The molecule has 2 aliphatic rings. The molecule has 0 bridgehead atoms. The molecule has 2 aromatic rings. The average Bonchev–Trinajstić information content (AvgIpc) is 3.16. The summed E-state index contributed by atoms with van der Waals surface area (Å²) in [5, 5.41) is 4.87. The van der Waals surface area contributed by atoms with Crippen LogP contribution in [0.5, 0.6) is 0 Å². The van der Waals surface area contributed by atoms with Gasteiger partial charge in [-0.05, 0) is 37.8 Å². The maximum absolute atomic E-state index is 4.82. The van der Waals surface area contributed by atoms with Gasteiger partial charge in [0.25, 0.3) is 0 Å². The largest absolute Gasteiger partial charge is 0.371 e. The van der Waals surface area contributed by atoms with Gasteiger partial charge in [0, 0.05) is 36.7 Å². The van der Waals surface area contributed by atoms with Gasteiger partial charge < -0.3 is 10.2 Å². The third-order valence-electron chi connectivity index (χ3n) is 4.34. The van der Waals surface area contributed by atoms with Crippen molar-refractivity contribution in [2.24, 2.45) is 0 Å². The second-order valence-corrected chi connectivity index (χ2v) is 6.00. The number of aromatic nitrogens is 1. The molecule has 1 N–H and O–H groups in total. The molecule has 4 rings (SSSR count). The molecule has 1 saturated heterocycles. The fraction of sp³-hybridized carbons (Fsp3) is 0.471. The van der Waals surface area contributed by atoms with E-state index in [0.29, 0.717) is 0 Å². The first kappa shape index (κ1) is 12.2. The van der Waals surface area contributed by atoms with E-state index in [2.05, 4.69) is 40.5 Å². The molecule has 0 spiro atoms. The summed E-state index contributed by atoms with van der Waals surface area (Å²) in [6, 6.07) is 11.6. The van der Waals surface area contributed by atoms with Crippen LogP contribution in [0.3, 0.4) is 0 Å². The second kappa shape index (κ2) is 5.06.